The Balaban J connectivity index is 1.42. The molecular formula is C23H33N9O2. The van der Waals surface area contributed by atoms with Gasteiger partial charge in [0.15, 0.2) is 11.5 Å². The number of rotatable bonds is 10. The van der Waals surface area contributed by atoms with Crippen LogP contribution in [0.25, 0.3) is 17.2 Å². The number of nitrogens with one attached hydrogen (secondary N) is 1. The number of hydrogen-bond acceptors (Lipinski definition) is 9. The lowest BCUT2D eigenvalue weighted by atomic mass is 10.1. The summed E-state index contributed by atoms with van der Waals surface area (Å²) in [5, 5.41) is 22.2. The van der Waals surface area contributed by atoms with E-state index in [1.807, 2.05) is 19.3 Å². The second kappa shape index (κ2) is 9.41. The fourth-order valence-electron chi connectivity index (χ4n) is 3.93. The number of aromatic nitrogens is 7. The molecule has 1 atom stereocenters. The minimum Gasteiger partial charge on any atom is -0.443 e. The molecule has 182 valence electrons. The smallest absolute Gasteiger partial charge is 0.245 e. The normalized spacial score (nSPS) is 12.9. The van der Waals surface area contributed by atoms with E-state index in [1.165, 1.54) is 6.26 Å². The molecule has 4 heterocycles. The first-order chi connectivity index (χ1) is 16.2. The van der Waals surface area contributed by atoms with Gasteiger partial charge in [-0.05, 0) is 40.5 Å². The topological polar surface area (TPSA) is 122 Å². The predicted octanol–water partition coefficient (Wildman–Crippen LogP) is 2.94. The Kier molecular flexibility index (Phi) is 6.56. The minimum atomic E-state index is -0.801. The Hall–Kier alpha value is -3.47. The molecule has 2 N–H and O–H groups in total. The van der Waals surface area contributed by atoms with Gasteiger partial charge in [0.25, 0.3) is 0 Å². The predicted molar refractivity (Wildman–Crippen MR) is 130 cm³/mol. The molecule has 4 rings (SSSR count). The number of nitrogens with zero attached hydrogens (tertiary/aromatic N) is 8. The minimum absolute atomic E-state index is 0.310. The lowest BCUT2D eigenvalue weighted by molar-refractivity contribution is 0.0577. The first kappa shape index (κ1) is 23.7. The van der Waals surface area contributed by atoms with Crippen molar-refractivity contribution in [1.82, 2.24) is 34.3 Å². The Morgan fingerprint density at radius 2 is 2.09 bits per heavy atom. The van der Waals surface area contributed by atoms with Gasteiger partial charge in [0.2, 0.25) is 11.8 Å². The van der Waals surface area contributed by atoms with Crippen molar-refractivity contribution in [2.45, 2.75) is 65.1 Å². The van der Waals surface area contributed by atoms with Crippen LogP contribution in [0.4, 0.5) is 11.6 Å². The van der Waals surface area contributed by atoms with Gasteiger partial charge in [0, 0.05) is 38.3 Å². The van der Waals surface area contributed by atoms with Crippen molar-refractivity contribution in [1.29, 1.82) is 0 Å². The van der Waals surface area contributed by atoms with Crippen LogP contribution in [0, 0.1) is 6.92 Å². The van der Waals surface area contributed by atoms with E-state index in [0.29, 0.717) is 30.1 Å². The van der Waals surface area contributed by atoms with E-state index in [-0.39, 0.29) is 0 Å². The molecule has 11 heteroatoms. The highest BCUT2D eigenvalue weighted by molar-refractivity contribution is 5.66. The van der Waals surface area contributed by atoms with Gasteiger partial charge in [-0.1, -0.05) is 0 Å². The zero-order valence-electron chi connectivity index (χ0n) is 20.6. The van der Waals surface area contributed by atoms with Crippen LogP contribution in [0.2, 0.25) is 0 Å². The molecule has 0 saturated carbocycles. The van der Waals surface area contributed by atoms with E-state index in [9.17, 15) is 5.11 Å². The van der Waals surface area contributed by atoms with Gasteiger partial charge in [0.1, 0.15) is 12.0 Å². The third kappa shape index (κ3) is 5.04. The van der Waals surface area contributed by atoms with E-state index in [4.69, 9.17) is 9.40 Å². The Morgan fingerprint density at radius 1 is 1.29 bits per heavy atom. The van der Waals surface area contributed by atoms with E-state index in [1.54, 1.807) is 36.3 Å². The molecule has 0 radical (unpaired) electrons. The zero-order valence-corrected chi connectivity index (χ0v) is 20.6. The summed E-state index contributed by atoms with van der Waals surface area (Å²) in [5.74, 6) is 1.83. The van der Waals surface area contributed by atoms with Gasteiger partial charge in [-0.15, -0.1) is 5.10 Å². The lowest BCUT2D eigenvalue weighted by Gasteiger charge is -2.25. The van der Waals surface area contributed by atoms with Crippen molar-refractivity contribution >= 4 is 17.3 Å². The maximum absolute atomic E-state index is 10.0. The summed E-state index contributed by atoms with van der Waals surface area (Å²) >= 11 is 0. The molecule has 4 aromatic heterocycles. The van der Waals surface area contributed by atoms with E-state index in [0.717, 1.165) is 42.0 Å². The number of aliphatic hydroxyl groups is 1. The molecule has 0 aromatic carbocycles. The summed E-state index contributed by atoms with van der Waals surface area (Å²) in [6.07, 6.45) is 9.62. The van der Waals surface area contributed by atoms with Crippen LogP contribution in [-0.4, -0.2) is 65.2 Å². The molecule has 0 spiro atoms. The maximum atomic E-state index is 10.0. The first-order valence-electron chi connectivity index (χ1n) is 11.5. The first-order valence-corrected chi connectivity index (χ1v) is 11.5. The number of oxazole rings is 1. The van der Waals surface area contributed by atoms with Crippen molar-refractivity contribution in [3.8, 4) is 11.6 Å². The maximum Gasteiger partial charge on any atom is 0.245 e. The summed E-state index contributed by atoms with van der Waals surface area (Å²) in [4.78, 5) is 15.8. The fourth-order valence-corrected chi connectivity index (χ4v) is 3.93. The molecule has 0 amide bonds. The van der Waals surface area contributed by atoms with Gasteiger partial charge in [-0.25, -0.2) is 15.0 Å². The number of hydrogen-bond donors (Lipinski definition) is 2. The summed E-state index contributed by atoms with van der Waals surface area (Å²) in [7, 11) is 3.87. The van der Waals surface area contributed by atoms with Crippen molar-refractivity contribution in [2.75, 3.05) is 24.3 Å². The summed E-state index contributed by atoms with van der Waals surface area (Å²) in [5.41, 5.74) is 2.50. The third-order valence-corrected chi connectivity index (χ3v) is 5.88. The fraction of sp³-hybridized carbons (Fsp3) is 0.522. The van der Waals surface area contributed by atoms with Crippen LogP contribution in [0.1, 0.15) is 45.0 Å². The zero-order chi connectivity index (χ0) is 24.5. The van der Waals surface area contributed by atoms with Crippen molar-refractivity contribution in [2.24, 2.45) is 0 Å². The van der Waals surface area contributed by atoms with Gasteiger partial charge in [-0.3, -0.25) is 4.68 Å². The van der Waals surface area contributed by atoms with Crippen LogP contribution in [0.5, 0.6) is 0 Å². The van der Waals surface area contributed by atoms with Crippen molar-refractivity contribution < 1.29 is 9.52 Å². The largest absolute Gasteiger partial charge is 0.443 e. The van der Waals surface area contributed by atoms with Gasteiger partial charge < -0.3 is 19.7 Å². The molecule has 11 nitrogen and oxygen atoms in total. The SMILES string of the molecule is CNc1nc(-c2ncco2)c(C)c2nc(CCCC(C)N(C)c3cnn(CC(C)(C)O)c3)nn12. The molecule has 0 saturated heterocycles. The van der Waals surface area contributed by atoms with Crippen LogP contribution in [0.15, 0.2) is 29.3 Å². The second-order valence-corrected chi connectivity index (χ2v) is 9.32. The van der Waals surface area contributed by atoms with Crippen molar-refractivity contribution in [3.63, 3.8) is 0 Å². The molecule has 1 unspecified atom stereocenters. The van der Waals surface area contributed by atoms with Crippen LogP contribution >= 0.6 is 0 Å². The monoisotopic (exact) mass is 467 g/mol. The Morgan fingerprint density at radius 3 is 2.76 bits per heavy atom. The average molecular weight is 468 g/mol. The quantitative estimate of drug-likeness (QED) is 0.362. The van der Waals surface area contributed by atoms with Crippen LogP contribution in [-0.2, 0) is 13.0 Å². The number of anilines is 2. The summed E-state index contributed by atoms with van der Waals surface area (Å²) in [6.45, 7) is 8.16. The molecule has 0 aliphatic heterocycles. The average Bonchev–Trinajstić information content (AvgIpc) is 3.53. The molecular weight excluding hydrogens is 434 g/mol. The lowest BCUT2D eigenvalue weighted by Crippen LogP contribution is -2.29. The molecule has 4 aromatic rings. The highest BCUT2D eigenvalue weighted by Gasteiger charge is 2.19. The highest BCUT2D eigenvalue weighted by atomic mass is 16.3. The molecule has 0 bridgehead atoms. The Labute approximate surface area is 198 Å². The number of aryl methyl sites for hydroxylation is 2. The summed E-state index contributed by atoms with van der Waals surface area (Å²) in [6, 6.07) is 0.310. The Bertz CT molecular complexity index is 1240. The molecule has 34 heavy (non-hydrogen) atoms. The molecule has 0 fully saturated rings. The highest BCUT2D eigenvalue weighted by Crippen LogP contribution is 2.25. The number of fused-ring (bicyclic) bond motifs is 1. The van der Waals surface area contributed by atoms with Gasteiger partial charge >= 0.3 is 0 Å². The van der Waals surface area contributed by atoms with Gasteiger partial charge in [-0.2, -0.15) is 9.61 Å². The van der Waals surface area contributed by atoms with Crippen molar-refractivity contribution in [3.05, 3.63) is 36.2 Å². The van der Waals surface area contributed by atoms with Crippen LogP contribution in [0.3, 0.4) is 0 Å². The molecule has 0 aliphatic rings. The summed E-state index contributed by atoms with van der Waals surface area (Å²) < 4.78 is 8.97. The third-order valence-electron chi connectivity index (χ3n) is 5.88. The van der Waals surface area contributed by atoms with E-state index >= 15 is 0 Å². The standard InChI is InChI=1S/C23H33N9O2/c1-15(30(6)17-12-26-31(13-17)14-23(3,4)33)8-7-9-18-27-20-16(2)19(21-25-10-11-34-21)28-22(24-5)32(20)29-18/h10-13,15,33H,7-9,14H2,1-6H3,(H,24,28). The second-order valence-electron chi connectivity index (χ2n) is 9.32. The van der Waals surface area contributed by atoms with Crippen LogP contribution < -0.4 is 10.2 Å². The van der Waals surface area contributed by atoms with E-state index in [2.05, 4.69) is 44.4 Å². The van der Waals surface area contributed by atoms with E-state index < -0.39 is 5.60 Å². The molecule has 0 aliphatic carbocycles. The van der Waals surface area contributed by atoms with Gasteiger partial charge in [0.05, 0.1) is 30.2 Å².